The SMILES string of the molecule is O=C(NCC1CCCC1CO)C1CCCCC1. The van der Waals surface area contributed by atoms with Crippen LogP contribution in [-0.2, 0) is 4.79 Å². The fourth-order valence-corrected chi connectivity index (χ4v) is 3.36. The molecular formula is C14H25NO2. The molecule has 2 aliphatic rings. The average molecular weight is 239 g/mol. The smallest absolute Gasteiger partial charge is 0.223 e. The molecule has 2 saturated carbocycles. The van der Waals surface area contributed by atoms with E-state index in [1.54, 1.807) is 0 Å². The second-order valence-electron chi connectivity index (χ2n) is 5.71. The maximum absolute atomic E-state index is 12.0. The molecule has 0 saturated heterocycles. The summed E-state index contributed by atoms with van der Waals surface area (Å²) < 4.78 is 0. The number of nitrogens with one attached hydrogen (secondary N) is 1. The second-order valence-corrected chi connectivity index (χ2v) is 5.71. The van der Waals surface area contributed by atoms with Crippen molar-refractivity contribution >= 4 is 5.91 Å². The quantitative estimate of drug-likeness (QED) is 0.789. The van der Waals surface area contributed by atoms with E-state index in [1.165, 1.54) is 25.7 Å². The monoisotopic (exact) mass is 239 g/mol. The first-order valence-corrected chi connectivity index (χ1v) is 7.20. The van der Waals surface area contributed by atoms with E-state index in [2.05, 4.69) is 5.32 Å². The number of hydrogen-bond donors (Lipinski definition) is 2. The normalized spacial score (nSPS) is 30.4. The van der Waals surface area contributed by atoms with Gasteiger partial charge in [-0.3, -0.25) is 4.79 Å². The van der Waals surface area contributed by atoms with Crippen LogP contribution in [0.1, 0.15) is 51.4 Å². The molecule has 0 radical (unpaired) electrons. The molecule has 2 atom stereocenters. The van der Waals surface area contributed by atoms with E-state index in [4.69, 9.17) is 0 Å². The number of amides is 1. The average Bonchev–Trinajstić information content (AvgIpc) is 2.84. The minimum atomic E-state index is 0.258. The summed E-state index contributed by atoms with van der Waals surface area (Å²) in [5.74, 6) is 1.44. The lowest BCUT2D eigenvalue weighted by molar-refractivity contribution is -0.126. The molecule has 2 unspecified atom stereocenters. The first-order valence-electron chi connectivity index (χ1n) is 7.20. The molecule has 2 N–H and O–H groups in total. The first kappa shape index (κ1) is 12.9. The molecule has 2 aliphatic carbocycles. The van der Waals surface area contributed by atoms with E-state index in [9.17, 15) is 9.90 Å². The number of hydrogen-bond acceptors (Lipinski definition) is 2. The van der Waals surface area contributed by atoms with Gasteiger partial charge in [0.25, 0.3) is 0 Å². The van der Waals surface area contributed by atoms with E-state index in [1.807, 2.05) is 0 Å². The predicted octanol–water partition coefficient (Wildman–Crippen LogP) is 2.09. The van der Waals surface area contributed by atoms with Gasteiger partial charge in [0.1, 0.15) is 0 Å². The Morgan fingerprint density at radius 1 is 1.00 bits per heavy atom. The summed E-state index contributed by atoms with van der Waals surface area (Å²) in [6, 6.07) is 0. The molecule has 0 aliphatic heterocycles. The Bertz CT molecular complexity index is 249. The van der Waals surface area contributed by atoms with E-state index in [0.29, 0.717) is 11.8 Å². The zero-order valence-electron chi connectivity index (χ0n) is 10.7. The Morgan fingerprint density at radius 3 is 2.41 bits per heavy atom. The number of carbonyl (C=O) groups is 1. The molecule has 98 valence electrons. The van der Waals surface area contributed by atoms with Crippen molar-refractivity contribution in [1.82, 2.24) is 5.32 Å². The number of carbonyl (C=O) groups excluding carboxylic acids is 1. The fraction of sp³-hybridized carbons (Fsp3) is 0.929. The van der Waals surface area contributed by atoms with Crippen molar-refractivity contribution in [3.63, 3.8) is 0 Å². The molecular weight excluding hydrogens is 214 g/mol. The third-order valence-corrected chi connectivity index (χ3v) is 4.57. The molecule has 3 nitrogen and oxygen atoms in total. The van der Waals surface area contributed by atoms with Gasteiger partial charge in [0.15, 0.2) is 0 Å². The van der Waals surface area contributed by atoms with Crippen molar-refractivity contribution in [3.8, 4) is 0 Å². The van der Waals surface area contributed by atoms with Crippen molar-refractivity contribution in [2.24, 2.45) is 17.8 Å². The Kier molecular flexibility index (Phi) is 4.84. The number of aliphatic hydroxyl groups excluding tert-OH is 1. The maximum Gasteiger partial charge on any atom is 0.223 e. The van der Waals surface area contributed by atoms with Crippen molar-refractivity contribution in [3.05, 3.63) is 0 Å². The van der Waals surface area contributed by atoms with Gasteiger partial charge in [-0.2, -0.15) is 0 Å². The largest absolute Gasteiger partial charge is 0.396 e. The highest BCUT2D eigenvalue weighted by Crippen LogP contribution is 2.31. The van der Waals surface area contributed by atoms with Crippen LogP contribution in [0.25, 0.3) is 0 Å². The van der Waals surface area contributed by atoms with Crippen LogP contribution in [0.4, 0.5) is 0 Å². The lowest BCUT2D eigenvalue weighted by Crippen LogP contribution is -2.36. The van der Waals surface area contributed by atoms with Gasteiger partial charge >= 0.3 is 0 Å². The van der Waals surface area contributed by atoms with Crippen molar-refractivity contribution in [1.29, 1.82) is 0 Å². The topological polar surface area (TPSA) is 49.3 Å². The third kappa shape index (κ3) is 3.44. The van der Waals surface area contributed by atoms with Crippen molar-refractivity contribution in [2.45, 2.75) is 51.4 Å². The molecule has 2 rings (SSSR count). The molecule has 0 bridgehead atoms. The van der Waals surface area contributed by atoms with Gasteiger partial charge in [0, 0.05) is 19.1 Å². The highest BCUT2D eigenvalue weighted by molar-refractivity contribution is 5.78. The molecule has 3 heteroatoms. The highest BCUT2D eigenvalue weighted by atomic mass is 16.3. The van der Waals surface area contributed by atoms with E-state index in [-0.39, 0.29) is 18.4 Å². The molecule has 0 aromatic rings. The van der Waals surface area contributed by atoms with Crippen LogP contribution in [0.2, 0.25) is 0 Å². The van der Waals surface area contributed by atoms with Crippen LogP contribution in [0.3, 0.4) is 0 Å². The lowest BCUT2D eigenvalue weighted by atomic mass is 9.88. The highest BCUT2D eigenvalue weighted by Gasteiger charge is 2.28. The molecule has 1 amide bonds. The summed E-state index contributed by atoms with van der Waals surface area (Å²) in [6.45, 7) is 1.06. The summed E-state index contributed by atoms with van der Waals surface area (Å²) in [7, 11) is 0. The number of rotatable bonds is 4. The predicted molar refractivity (Wildman–Crippen MR) is 67.5 cm³/mol. The summed E-state index contributed by atoms with van der Waals surface area (Å²) in [4.78, 5) is 12.0. The van der Waals surface area contributed by atoms with Gasteiger partial charge in [0.05, 0.1) is 0 Å². The molecule has 17 heavy (non-hydrogen) atoms. The van der Waals surface area contributed by atoms with Crippen LogP contribution in [0.5, 0.6) is 0 Å². The summed E-state index contributed by atoms with van der Waals surface area (Å²) in [5.41, 5.74) is 0. The Labute approximate surface area is 104 Å². The third-order valence-electron chi connectivity index (χ3n) is 4.57. The molecule has 2 fully saturated rings. The Morgan fingerprint density at radius 2 is 1.71 bits per heavy atom. The van der Waals surface area contributed by atoms with Crippen LogP contribution in [0.15, 0.2) is 0 Å². The van der Waals surface area contributed by atoms with Gasteiger partial charge in [-0.15, -0.1) is 0 Å². The van der Waals surface area contributed by atoms with E-state index >= 15 is 0 Å². The zero-order valence-corrected chi connectivity index (χ0v) is 10.7. The molecule has 0 aromatic heterocycles. The standard InChI is InChI=1S/C14H25NO2/c16-10-13-8-4-7-12(13)9-15-14(17)11-5-2-1-3-6-11/h11-13,16H,1-10H2,(H,15,17). The fourth-order valence-electron chi connectivity index (χ4n) is 3.36. The number of aliphatic hydroxyl groups is 1. The van der Waals surface area contributed by atoms with E-state index < -0.39 is 0 Å². The Hall–Kier alpha value is -0.570. The summed E-state index contributed by atoms with van der Waals surface area (Å²) in [6.07, 6.45) is 9.34. The molecule has 0 aromatic carbocycles. The summed E-state index contributed by atoms with van der Waals surface area (Å²) in [5, 5.41) is 12.3. The van der Waals surface area contributed by atoms with Crippen LogP contribution < -0.4 is 5.32 Å². The van der Waals surface area contributed by atoms with Gasteiger partial charge in [-0.1, -0.05) is 25.7 Å². The van der Waals surface area contributed by atoms with Gasteiger partial charge < -0.3 is 10.4 Å². The van der Waals surface area contributed by atoms with E-state index in [0.717, 1.165) is 32.2 Å². The maximum atomic E-state index is 12.0. The van der Waals surface area contributed by atoms with Gasteiger partial charge in [-0.25, -0.2) is 0 Å². The minimum absolute atomic E-state index is 0.258. The second kappa shape index (κ2) is 6.39. The first-order chi connectivity index (χ1) is 8.31. The zero-order chi connectivity index (χ0) is 12.1. The molecule has 0 heterocycles. The summed E-state index contributed by atoms with van der Waals surface area (Å²) >= 11 is 0. The van der Waals surface area contributed by atoms with Crippen molar-refractivity contribution < 1.29 is 9.90 Å². The van der Waals surface area contributed by atoms with Crippen LogP contribution in [0, 0.1) is 17.8 Å². The van der Waals surface area contributed by atoms with Crippen molar-refractivity contribution in [2.75, 3.05) is 13.2 Å². The minimum Gasteiger partial charge on any atom is -0.396 e. The Balaban J connectivity index is 1.71. The lowest BCUT2D eigenvalue weighted by Gasteiger charge is -2.23. The van der Waals surface area contributed by atoms with Crippen LogP contribution >= 0.6 is 0 Å². The van der Waals surface area contributed by atoms with Gasteiger partial charge in [0.2, 0.25) is 5.91 Å². The van der Waals surface area contributed by atoms with Crippen LogP contribution in [-0.4, -0.2) is 24.2 Å². The molecule has 0 spiro atoms. The van der Waals surface area contributed by atoms with Gasteiger partial charge in [-0.05, 0) is 37.5 Å².